The molecule has 3 rings (SSSR count). The van der Waals surface area contributed by atoms with E-state index in [1.807, 2.05) is 60.7 Å². The van der Waals surface area contributed by atoms with E-state index >= 15 is 0 Å². The predicted octanol–water partition coefficient (Wildman–Crippen LogP) is 3.25. The van der Waals surface area contributed by atoms with E-state index in [1.54, 1.807) is 6.20 Å². The van der Waals surface area contributed by atoms with E-state index in [4.69, 9.17) is 9.47 Å². The van der Waals surface area contributed by atoms with Gasteiger partial charge in [0.05, 0.1) is 7.11 Å². The zero-order valence-corrected chi connectivity index (χ0v) is 14.9. The Kier molecular flexibility index (Phi) is 5.99. The highest BCUT2D eigenvalue weighted by atomic mass is 16.6. The Hall–Kier alpha value is -3.41. The third-order valence-electron chi connectivity index (χ3n) is 4.09. The van der Waals surface area contributed by atoms with Crippen molar-refractivity contribution < 1.29 is 19.1 Å². The predicted molar refractivity (Wildman–Crippen MR) is 101 cm³/mol. The van der Waals surface area contributed by atoms with Gasteiger partial charge in [-0.1, -0.05) is 54.6 Å². The number of carbonyl (C=O) groups is 2. The minimum Gasteiger partial charge on any atom is -0.467 e. The monoisotopic (exact) mass is 364 g/mol. The lowest BCUT2D eigenvalue weighted by molar-refractivity contribution is -0.143. The maximum atomic E-state index is 12.1. The maximum Gasteiger partial charge on any atom is 0.408 e. The van der Waals surface area contributed by atoms with Crippen LogP contribution >= 0.6 is 0 Å². The largest absolute Gasteiger partial charge is 0.467 e. The number of amides is 1. The zero-order valence-electron chi connectivity index (χ0n) is 14.9. The van der Waals surface area contributed by atoms with Gasteiger partial charge in [0.25, 0.3) is 0 Å². The van der Waals surface area contributed by atoms with Gasteiger partial charge in [-0.3, -0.25) is 4.98 Å². The fourth-order valence-corrected chi connectivity index (χ4v) is 2.69. The maximum absolute atomic E-state index is 12.1. The summed E-state index contributed by atoms with van der Waals surface area (Å²) in [4.78, 5) is 28.5. The summed E-state index contributed by atoms with van der Waals surface area (Å²) < 4.78 is 9.98. The number of methoxy groups -OCH3 is 1. The Morgan fingerprint density at radius 1 is 1.04 bits per heavy atom. The van der Waals surface area contributed by atoms with E-state index in [2.05, 4.69) is 10.3 Å². The van der Waals surface area contributed by atoms with Crippen molar-refractivity contribution in [2.45, 2.75) is 19.1 Å². The highest BCUT2D eigenvalue weighted by Gasteiger charge is 2.23. The molecule has 0 radical (unpaired) electrons. The minimum atomic E-state index is -0.882. The van der Waals surface area contributed by atoms with E-state index in [1.165, 1.54) is 7.11 Å². The Balaban J connectivity index is 1.65. The lowest BCUT2D eigenvalue weighted by atomic mass is 10.1. The molecule has 0 fully saturated rings. The molecule has 1 heterocycles. The third kappa shape index (κ3) is 5.04. The number of esters is 1. The Labute approximate surface area is 157 Å². The Morgan fingerprint density at radius 2 is 1.74 bits per heavy atom. The molecule has 2 aromatic carbocycles. The van der Waals surface area contributed by atoms with Crippen LogP contribution in [0.15, 0.2) is 66.9 Å². The number of benzene rings is 2. The Bertz CT molecular complexity index is 928. The molecule has 0 unspecified atom stereocenters. The van der Waals surface area contributed by atoms with Crippen molar-refractivity contribution >= 4 is 22.8 Å². The van der Waals surface area contributed by atoms with Crippen LogP contribution < -0.4 is 5.32 Å². The summed E-state index contributed by atoms with van der Waals surface area (Å²) in [7, 11) is 1.28. The molecule has 0 aliphatic rings. The molecule has 138 valence electrons. The van der Waals surface area contributed by atoms with Gasteiger partial charge in [0.15, 0.2) is 0 Å². The van der Waals surface area contributed by atoms with E-state index < -0.39 is 18.1 Å². The van der Waals surface area contributed by atoms with Crippen molar-refractivity contribution in [1.82, 2.24) is 10.3 Å². The molecule has 0 saturated carbocycles. The van der Waals surface area contributed by atoms with Gasteiger partial charge in [-0.05, 0) is 17.0 Å². The summed E-state index contributed by atoms with van der Waals surface area (Å²) in [6.45, 7) is 0.120. The van der Waals surface area contributed by atoms with E-state index in [-0.39, 0.29) is 13.0 Å². The van der Waals surface area contributed by atoms with E-state index in [0.717, 1.165) is 16.3 Å². The van der Waals surface area contributed by atoms with Crippen molar-refractivity contribution in [3.8, 4) is 0 Å². The smallest absolute Gasteiger partial charge is 0.408 e. The van der Waals surface area contributed by atoms with Gasteiger partial charge >= 0.3 is 12.1 Å². The number of ether oxygens (including phenoxy) is 2. The Morgan fingerprint density at radius 3 is 2.48 bits per heavy atom. The second-order valence-electron chi connectivity index (χ2n) is 6.01. The van der Waals surface area contributed by atoms with Crippen molar-refractivity contribution in [1.29, 1.82) is 0 Å². The highest BCUT2D eigenvalue weighted by molar-refractivity contribution is 5.83. The molecule has 6 nitrogen and oxygen atoms in total. The highest BCUT2D eigenvalue weighted by Crippen LogP contribution is 2.14. The number of nitrogens with zero attached hydrogens (tertiary/aromatic N) is 1. The molecular formula is C21H20N2O4. The second-order valence-corrected chi connectivity index (χ2v) is 6.01. The lowest BCUT2D eigenvalue weighted by Crippen LogP contribution is -2.43. The van der Waals surface area contributed by atoms with Crippen LogP contribution in [0.5, 0.6) is 0 Å². The van der Waals surface area contributed by atoms with Gasteiger partial charge in [0, 0.05) is 23.7 Å². The summed E-state index contributed by atoms with van der Waals surface area (Å²) in [5.74, 6) is -0.554. The number of alkyl carbamates (subject to hydrolysis) is 1. The first-order valence-electron chi connectivity index (χ1n) is 8.54. The molecule has 1 amide bonds. The van der Waals surface area contributed by atoms with Gasteiger partial charge < -0.3 is 14.8 Å². The summed E-state index contributed by atoms with van der Waals surface area (Å²) in [6, 6.07) is 18.1. The van der Waals surface area contributed by atoms with Gasteiger partial charge in [0.2, 0.25) is 0 Å². The van der Waals surface area contributed by atoms with Crippen LogP contribution in [-0.2, 0) is 27.3 Å². The standard InChI is InChI=1S/C21H20N2O4/c1-26-20(24)19(23-21(25)27-14-15-7-3-2-4-8-15)12-18-11-16-9-5-6-10-17(16)13-22-18/h2-11,13,19H,12,14H2,1H3,(H,23,25)/t19-/m0/s1. The molecule has 27 heavy (non-hydrogen) atoms. The molecule has 6 heteroatoms. The molecule has 0 saturated heterocycles. The van der Waals surface area contributed by atoms with E-state index in [9.17, 15) is 9.59 Å². The van der Waals surface area contributed by atoms with Crippen LogP contribution in [-0.4, -0.2) is 30.2 Å². The van der Waals surface area contributed by atoms with Crippen molar-refractivity contribution in [3.05, 3.63) is 78.1 Å². The second kappa shape index (κ2) is 8.80. The fourth-order valence-electron chi connectivity index (χ4n) is 2.69. The average Bonchev–Trinajstić information content (AvgIpc) is 2.72. The van der Waals surface area contributed by atoms with E-state index in [0.29, 0.717) is 5.69 Å². The molecule has 1 atom stereocenters. The van der Waals surface area contributed by atoms with Crippen molar-refractivity contribution in [2.75, 3.05) is 7.11 Å². The molecule has 0 aliphatic heterocycles. The number of carbonyl (C=O) groups excluding carboxylic acids is 2. The number of hydrogen-bond donors (Lipinski definition) is 1. The molecule has 1 N–H and O–H groups in total. The first kappa shape index (κ1) is 18.4. The van der Waals surface area contributed by atoms with Crippen LogP contribution in [0, 0.1) is 0 Å². The first-order chi connectivity index (χ1) is 13.2. The normalized spacial score (nSPS) is 11.6. The van der Waals surface area contributed by atoms with Crippen LogP contribution in [0.3, 0.4) is 0 Å². The van der Waals surface area contributed by atoms with Gasteiger partial charge in [-0.25, -0.2) is 9.59 Å². The summed E-state index contributed by atoms with van der Waals surface area (Å²) in [5, 5.41) is 4.58. The van der Waals surface area contributed by atoms with Crippen LogP contribution in [0.25, 0.3) is 10.8 Å². The number of pyridine rings is 1. The summed E-state index contributed by atoms with van der Waals surface area (Å²) in [6.07, 6.45) is 1.26. The lowest BCUT2D eigenvalue weighted by Gasteiger charge is -2.16. The zero-order chi connectivity index (χ0) is 19.1. The number of rotatable bonds is 6. The van der Waals surface area contributed by atoms with Crippen LogP contribution in [0.2, 0.25) is 0 Å². The van der Waals surface area contributed by atoms with Gasteiger partial charge in [-0.2, -0.15) is 0 Å². The molecule has 0 bridgehead atoms. The number of fused-ring (bicyclic) bond motifs is 1. The molecule has 0 aliphatic carbocycles. The SMILES string of the molecule is COC(=O)[C@H](Cc1cc2ccccc2cn1)NC(=O)OCc1ccccc1. The minimum absolute atomic E-state index is 0.120. The summed E-state index contributed by atoms with van der Waals surface area (Å²) in [5.41, 5.74) is 1.53. The molecular weight excluding hydrogens is 344 g/mol. The summed E-state index contributed by atoms with van der Waals surface area (Å²) >= 11 is 0. The van der Waals surface area contributed by atoms with Crippen molar-refractivity contribution in [2.24, 2.45) is 0 Å². The number of hydrogen-bond acceptors (Lipinski definition) is 5. The molecule has 1 aromatic heterocycles. The van der Waals surface area contributed by atoms with Gasteiger partial charge in [-0.15, -0.1) is 0 Å². The number of aromatic nitrogens is 1. The van der Waals surface area contributed by atoms with Gasteiger partial charge in [0.1, 0.15) is 12.6 Å². The van der Waals surface area contributed by atoms with Crippen LogP contribution in [0.4, 0.5) is 4.79 Å². The fraction of sp³-hybridized carbons (Fsp3) is 0.190. The average molecular weight is 364 g/mol. The number of nitrogens with one attached hydrogen (secondary N) is 1. The quantitative estimate of drug-likeness (QED) is 0.680. The first-order valence-corrected chi connectivity index (χ1v) is 8.54. The topological polar surface area (TPSA) is 77.5 Å². The third-order valence-corrected chi connectivity index (χ3v) is 4.09. The van der Waals surface area contributed by atoms with Crippen LogP contribution in [0.1, 0.15) is 11.3 Å². The van der Waals surface area contributed by atoms with Crippen molar-refractivity contribution in [3.63, 3.8) is 0 Å². The molecule has 3 aromatic rings. The molecule has 0 spiro atoms.